The summed E-state index contributed by atoms with van der Waals surface area (Å²) >= 11 is 0. The number of piperidine rings is 1. The maximum atomic E-state index is 6.45. The number of benzene rings is 4. The molecule has 1 heterocycles. The van der Waals surface area contributed by atoms with Gasteiger partial charge in [-0.05, 0) is 65.6 Å². The van der Waals surface area contributed by atoms with Crippen molar-refractivity contribution in [2.24, 2.45) is 0 Å². The molecule has 1 aliphatic heterocycles. The standard InChI is InChI=1S/C33H37NO3.ClH/c1-25-7-9-26(10-8-25)23-35-19-4-20-36-31-15-13-29(14-16-31)32-17-18-34-22-33(32)37-24-27-11-12-28-5-2-3-6-30(28)21-27;/h2-3,5-16,21,32-34H,4,17-20,22-24H2,1H3;1H. The van der Waals surface area contributed by atoms with Gasteiger partial charge in [-0.3, -0.25) is 0 Å². The first-order chi connectivity index (χ1) is 18.2. The Morgan fingerprint density at radius 1 is 0.789 bits per heavy atom. The fourth-order valence-electron chi connectivity index (χ4n) is 4.95. The summed E-state index contributed by atoms with van der Waals surface area (Å²) in [4.78, 5) is 0. The van der Waals surface area contributed by atoms with Gasteiger partial charge in [0.2, 0.25) is 0 Å². The van der Waals surface area contributed by atoms with Gasteiger partial charge < -0.3 is 19.5 Å². The average Bonchev–Trinajstić information content (AvgIpc) is 2.95. The van der Waals surface area contributed by atoms with Gasteiger partial charge in [0.25, 0.3) is 0 Å². The zero-order valence-corrected chi connectivity index (χ0v) is 22.9. The first kappa shape index (κ1) is 28.1. The second-order valence-corrected chi connectivity index (χ2v) is 9.94. The Morgan fingerprint density at radius 3 is 2.37 bits per heavy atom. The summed E-state index contributed by atoms with van der Waals surface area (Å²) in [6, 6.07) is 32.1. The molecule has 0 aromatic heterocycles. The molecule has 1 saturated heterocycles. The molecule has 2 atom stereocenters. The quantitative estimate of drug-likeness (QED) is 0.207. The van der Waals surface area contributed by atoms with E-state index in [9.17, 15) is 0 Å². The van der Waals surface area contributed by atoms with Crippen molar-refractivity contribution in [1.29, 1.82) is 0 Å². The summed E-state index contributed by atoms with van der Waals surface area (Å²) in [5.74, 6) is 1.29. The van der Waals surface area contributed by atoms with Crippen LogP contribution in [0.3, 0.4) is 0 Å². The SMILES string of the molecule is Cc1ccc(COCCCOc2ccc(C3CCNCC3OCc3ccc4ccccc4c3)cc2)cc1.Cl. The van der Waals surface area contributed by atoms with Crippen molar-refractivity contribution < 1.29 is 14.2 Å². The fourth-order valence-corrected chi connectivity index (χ4v) is 4.95. The van der Waals surface area contributed by atoms with E-state index in [2.05, 4.69) is 103 Å². The first-order valence-electron chi connectivity index (χ1n) is 13.4. The Labute approximate surface area is 232 Å². The van der Waals surface area contributed by atoms with Gasteiger partial charge in [-0.2, -0.15) is 0 Å². The largest absolute Gasteiger partial charge is 0.494 e. The Bertz CT molecular complexity index is 1260. The molecule has 4 aromatic carbocycles. The molecule has 0 bridgehead atoms. The Kier molecular flexibility index (Phi) is 10.6. The zero-order valence-electron chi connectivity index (χ0n) is 22.1. The third-order valence-corrected chi connectivity index (χ3v) is 7.10. The van der Waals surface area contributed by atoms with Crippen LogP contribution >= 0.6 is 12.4 Å². The highest BCUT2D eigenvalue weighted by Gasteiger charge is 2.27. The third-order valence-electron chi connectivity index (χ3n) is 7.10. The van der Waals surface area contributed by atoms with E-state index in [1.165, 1.54) is 33.0 Å². The fraction of sp³-hybridized carbons (Fsp3) is 0.333. The maximum absolute atomic E-state index is 6.45. The van der Waals surface area contributed by atoms with Crippen LogP contribution in [0.4, 0.5) is 0 Å². The normalized spacial score (nSPS) is 17.2. The van der Waals surface area contributed by atoms with Gasteiger partial charge >= 0.3 is 0 Å². The van der Waals surface area contributed by atoms with E-state index in [0.717, 1.165) is 31.7 Å². The molecular formula is C33H38ClNO3. The number of fused-ring (bicyclic) bond motifs is 1. The molecule has 0 amide bonds. The van der Waals surface area contributed by atoms with Crippen molar-refractivity contribution in [2.45, 2.75) is 45.0 Å². The van der Waals surface area contributed by atoms with Crippen molar-refractivity contribution in [2.75, 3.05) is 26.3 Å². The van der Waals surface area contributed by atoms with E-state index < -0.39 is 0 Å². The topological polar surface area (TPSA) is 39.7 Å². The van der Waals surface area contributed by atoms with Gasteiger partial charge in [-0.1, -0.05) is 78.4 Å². The number of aryl methyl sites for hydroxylation is 1. The monoisotopic (exact) mass is 531 g/mol. The second kappa shape index (κ2) is 14.3. The molecule has 38 heavy (non-hydrogen) atoms. The van der Waals surface area contributed by atoms with Crippen molar-refractivity contribution in [3.63, 3.8) is 0 Å². The van der Waals surface area contributed by atoms with Gasteiger partial charge in [0.05, 0.1) is 32.5 Å². The van der Waals surface area contributed by atoms with Crippen molar-refractivity contribution in [1.82, 2.24) is 5.32 Å². The number of rotatable bonds is 11. The molecule has 0 aliphatic carbocycles. The summed E-state index contributed by atoms with van der Waals surface area (Å²) < 4.78 is 18.2. The van der Waals surface area contributed by atoms with Crippen LogP contribution in [-0.2, 0) is 22.7 Å². The molecule has 1 fully saturated rings. The summed E-state index contributed by atoms with van der Waals surface area (Å²) in [6.07, 6.45) is 2.09. The van der Waals surface area contributed by atoms with Crippen LogP contribution in [0, 0.1) is 6.92 Å². The van der Waals surface area contributed by atoms with Crippen LogP contribution in [0.15, 0.2) is 91.0 Å². The van der Waals surface area contributed by atoms with Crippen LogP contribution in [0.1, 0.15) is 41.0 Å². The van der Waals surface area contributed by atoms with Crippen molar-refractivity contribution in [3.05, 3.63) is 113 Å². The summed E-state index contributed by atoms with van der Waals surface area (Å²) in [6.45, 7) is 6.60. The molecular weight excluding hydrogens is 494 g/mol. The molecule has 1 N–H and O–H groups in total. The lowest BCUT2D eigenvalue weighted by molar-refractivity contribution is 0.0106. The van der Waals surface area contributed by atoms with E-state index in [1.54, 1.807) is 0 Å². The van der Waals surface area contributed by atoms with Gasteiger partial charge in [0.15, 0.2) is 0 Å². The molecule has 5 rings (SSSR count). The van der Waals surface area contributed by atoms with Crippen LogP contribution in [0.25, 0.3) is 10.8 Å². The smallest absolute Gasteiger partial charge is 0.119 e. The van der Waals surface area contributed by atoms with Crippen LogP contribution < -0.4 is 10.1 Å². The van der Waals surface area contributed by atoms with Crippen LogP contribution in [-0.4, -0.2) is 32.4 Å². The zero-order chi connectivity index (χ0) is 25.3. The Hall–Kier alpha value is -2.89. The highest BCUT2D eigenvalue weighted by molar-refractivity contribution is 5.85. The predicted molar refractivity (Wildman–Crippen MR) is 157 cm³/mol. The van der Waals surface area contributed by atoms with Crippen LogP contribution in [0.5, 0.6) is 5.75 Å². The third kappa shape index (κ3) is 7.81. The molecule has 2 unspecified atom stereocenters. The maximum Gasteiger partial charge on any atom is 0.119 e. The van der Waals surface area contributed by atoms with Gasteiger partial charge in [-0.25, -0.2) is 0 Å². The minimum Gasteiger partial charge on any atom is -0.494 e. The second-order valence-electron chi connectivity index (χ2n) is 9.94. The lowest BCUT2D eigenvalue weighted by Crippen LogP contribution is -2.40. The minimum atomic E-state index is 0. The van der Waals surface area contributed by atoms with E-state index in [1.807, 2.05) is 0 Å². The Balaban J connectivity index is 0.00000336. The van der Waals surface area contributed by atoms with Crippen molar-refractivity contribution in [3.8, 4) is 5.75 Å². The predicted octanol–water partition coefficient (Wildman–Crippen LogP) is 7.22. The van der Waals surface area contributed by atoms with E-state index in [0.29, 0.717) is 32.3 Å². The summed E-state index contributed by atoms with van der Waals surface area (Å²) in [5, 5.41) is 6.03. The van der Waals surface area contributed by atoms with E-state index >= 15 is 0 Å². The summed E-state index contributed by atoms with van der Waals surface area (Å²) in [5.41, 5.74) is 5.01. The molecule has 0 spiro atoms. The van der Waals surface area contributed by atoms with Gasteiger partial charge in [0, 0.05) is 18.9 Å². The molecule has 5 heteroatoms. The summed E-state index contributed by atoms with van der Waals surface area (Å²) in [7, 11) is 0. The number of ether oxygens (including phenoxy) is 3. The molecule has 0 saturated carbocycles. The lowest BCUT2D eigenvalue weighted by Gasteiger charge is -2.32. The highest BCUT2D eigenvalue weighted by atomic mass is 35.5. The van der Waals surface area contributed by atoms with E-state index in [4.69, 9.17) is 14.2 Å². The number of hydrogen-bond acceptors (Lipinski definition) is 4. The average molecular weight is 532 g/mol. The molecule has 200 valence electrons. The number of hydrogen-bond donors (Lipinski definition) is 1. The molecule has 0 radical (unpaired) electrons. The minimum absolute atomic E-state index is 0. The molecule has 4 aromatic rings. The molecule has 1 aliphatic rings. The highest BCUT2D eigenvalue weighted by Crippen LogP contribution is 2.30. The van der Waals surface area contributed by atoms with Crippen LogP contribution in [0.2, 0.25) is 0 Å². The molecule has 4 nitrogen and oxygen atoms in total. The first-order valence-corrected chi connectivity index (χ1v) is 13.4. The van der Waals surface area contributed by atoms with Gasteiger partial charge in [-0.15, -0.1) is 12.4 Å². The lowest BCUT2D eigenvalue weighted by atomic mass is 9.87. The van der Waals surface area contributed by atoms with Crippen molar-refractivity contribution >= 4 is 23.2 Å². The van der Waals surface area contributed by atoms with E-state index in [-0.39, 0.29) is 18.5 Å². The Morgan fingerprint density at radius 2 is 1.55 bits per heavy atom. The number of halogens is 1. The number of nitrogens with one attached hydrogen (secondary N) is 1. The van der Waals surface area contributed by atoms with Gasteiger partial charge in [0.1, 0.15) is 5.75 Å².